The zero-order valence-electron chi connectivity index (χ0n) is 15.7. The Morgan fingerprint density at radius 3 is 2.33 bits per heavy atom. The van der Waals surface area contributed by atoms with Gasteiger partial charge in [-0.15, -0.1) is 0 Å². The van der Waals surface area contributed by atoms with E-state index in [-0.39, 0.29) is 41.0 Å². The summed E-state index contributed by atoms with van der Waals surface area (Å²) in [6, 6.07) is 6.13. The second-order valence-electron chi connectivity index (χ2n) is 7.87. The summed E-state index contributed by atoms with van der Waals surface area (Å²) in [6.07, 6.45) is 0.430. The van der Waals surface area contributed by atoms with E-state index >= 15 is 0 Å². The molecule has 1 N–H and O–H groups in total. The van der Waals surface area contributed by atoms with Crippen molar-refractivity contribution >= 4 is 21.7 Å². The highest BCUT2D eigenvalue weighted by Gasteiger charge is 2.47. The Morgan fingerprint density at radius 1 is 1.11 bits per heavy atom. The van der Waals surface area contributed by atoms with E-state index in [0.717, 1.165) is 5.56 Å². The molecule has 2 atom stereocenters. The van der Waals surface area contributed by atoms with Crippen molar-refractivity contribution in [2.24, 2.45) is 5.92 Å². The molecule has 8 heteroatoms. The average molecular weight is 394 g/mol. The van der Waals surface area contributed by atoms with Gasteiger partial charge in [0.25, 0.3) is 0 Å². The standard InChI is InChI=1S/C19H26N2O5S/c1-13(2)9-18(22)21-8-7-20(16-11-27(25,26)12-17(16)21)10-14-3-5-15(6-4-14)19(23)24/h3-6,13,16-17H,7-12H2,1-2H3,(H,23,24)/t16-,17+/m0/s1. The summed E-state index contributed by atoms with van der Waals surface area (Å²) in [6.45, 7) is 5.65. The Bertz CT molecular complexity index is 819. The van der Waals surface area contributed by atoms with Gasteiger partial charge in [-0.1, -0.05) is 26.0 Å². The van der Waals surface area contributed by atoms with Crippen LogP contribution in [0.25, 0.3) is 0 Å². The van der Waals surface area contributed by atoms with Crippen LogP contribution in [-0.2, 0) is 21.2 Å². The normalized spacial score (nSPS) is 24.8. The molecule has 0 unspecified atom stereocenters. The third kappa shape index (κ3) is 4.50. The monoisotopic (exact) mass is 394 g/mol. The van der Waals surface area contributed by atoms with E-state index in [2.05, 4.69) is 4.90 Å². The van der Waals surface area contributed by atoms with Crippen LogP contribution in [0.15, 0.2) is 24.3 Å². The van der Waals surface area contributed by atoms with Crippen LogP contribution >= 0.6 is 0 Å². The number of carboxylic acids is 1. The predicted octanol–water partition coefficient (Wildman–Crippen LogP) is 1.24. The molecule has 0 aromatic heterocycles. The zero-order chi connectivity index (χ0) is 19.8. The molecule has 0 saturated carbocycles. The zero-order valence-corrected chi connectivity index (χ0v) is 16.5. The van der Waals surface area contributed by atoms with E-state index < -0.39 is 15.8 Å². The molecule has 1 amide bonds. The minimum Gasteiger partial charge on any atom is -0.478 e. The lowest BCUT2D eigenvalue weighted by atomic mass is 10.0. The molecule has 27 heavy (non-hydrogen) atoms. The van der Waals surface area contributed by atoms with Crippen molar-refractivity contribution in [1.29, 1.82) is 0 Å². The minimum absolute atomic E-state index is 0.0238. The first-order valence-corrected chi connectivity index (χ1v) is 11.0. The Kier molecular flexibility index (Phi) is 5.58. The number of amides is 1. The number of fused-ring (bicyclic) bond motifs is 1. The van der Waals surface area contributed by atoms with E-state index in [1.807, 2.05) is 13.8 Å². The van der Waals surface area contributed by atoms with Crippen molar-refractivity contribution in [3.63, 3.8) is 0 Å². The number of aromatic carboxylic acids is 1. The van der Waals surface area contributed by atoms with Gasteiger partial charge in [0.05, 0.1) is 23.1 Å². The minimum atomic E-state index is -3.18. The predicted molar refractivity (Wildman–Crippen MR) is 101 cm³/mol. The van der Waals surface area contributed by atoms with Gasteiger partial charge >= 0.3 is 5.97 Å². The molecule has 3 rings (SSSR count). The van der Waals surface area contributed by atoms with Gasteiger partial charge in [0.1, 0.15) is 0 Å². The summed E-state index contributed by atoms with van der Waals surface area (Å²) in [5, 5.41) is 9.01. The maximum atomic E-state index is 12.6. The Labute approximate surface area is 159 Å². The van der Waals surface area contributed by atoms with Crippen LogP contribution in [0.3, 0.4) is 0 Å². The van der Waals surface area contributed by atoms with Crippen LogP contribution in [0, 0.1) is 5.92 Å². The quantitative estimate of drug-likeness (QED) is 0.807. The first-order valence-electron chi connectivity index (χ1n) is 9.22. The van der Waals surface area contributed by atoms with Gasteiger partial charge < -0.3 is 10.0 Å². The molecule has 0 radical (unpaired) electrons. The van der Waals surface area contributed by atoms with Crippen molar-refractivity contribution in [3.05, 3.63) is 35.4 Å². The molecular formula is C19H26N2O5S. The second kappa shape index (κ2) is 7.59. The van der Waals surface area contributed by atoms with Crippen LogP contribution in [0.5, 0.6) is 0 Å². The van der Waals surface area contributed by atoms with E-state index in [1.54, 1.807) is 29.2 Å². The SMILES string of the molecule is CC(C)CC(=O)N1CCN(Cc2ccc(C(=O)O)cc2)[C@H]2CS(=O)(=O)C[C@H]21. The fourth-order valence-corrected chi connectivity index (χ4v) is 6.00. The number of nitrogens with zero attached hydrogens (tertiary/aromatic N) is 2. The number of carboxylic acid groups (broad SMARTS) is 1. The molecule has 2 fully saturated rings. The third-order valence-electron chi connectivity index (χ3n) is 5.28. The summed E-state index contributed by atoms with van der Waals surface area (Å²) >= 11 is 0. The summed E-state index contributed by atoms with van der Waals surface area (Å²) in [5.41, 5.74) is 1.16. The lowest BCUT2D eigenvalue weighted by molar-refractivity contribution is -0.137. The molecular weight excluding hydrogens is 368 g/mol. The summed E-state index contributed by atoms with van der Waals surface area (Å²) in [7, 11) is -3.18. The maximum absolute atomic E-state index is 12.6. The number of hydrogen-bond acceptors (Lipinski definition) is 5. The molecule has 1 aromatic carbocycles. The van der Waals surface area contributed by atoms with E-state index in [0.29, 0.717) is 26.1 Å². The highest BCUT2D eigenvalue weighted by atomic mass is 32.2. The maximum Gasteiger partial charge on any atom is 0.335 e. The van der Waals surface area contributed by atoms with Crippen LogP contribution < -0.4 is 0 Å². The lowest BCUT2D eigenvalue weighted by Gasteiger charge is -2.44. The van der Waals surface area contributed by atoms with Crippen LogP contribution in [-0.4, -0.2) is 71.9 Å². The summed E-state index contributed by atoms with van der Waals surface area (Å²) in [5.74, 6) is -0.616. The van der Waals surface area contributed by atoms with E-state index in [9.17, 15) is 18.0 Å². The van der Waals surface area contributed by atoms with Crippen LogP contribution in [0.1, 0.15) is 36.2 Å². The van der Waals surface area contributed by atoms with Crippen LogP contribution in [0.2, 0.25) is 0 Å². The van der Waals surface area contributed by atoms with Gasteiger partial charge in [-0.25, -0.2) is 13.2 Å². The number of hydrogen-bond donors (Lipinski definition) is 1. The third-order valence-corrected chi connectivity index (χ3v) is 6.98. The van der Waals surface area contributed by atoms with Gasteiger partial charge in [-0.3, -0.25) is 9.69 Å². The smallest absolute Gasteiger partial charge is 0.335 e. The summed E-state index contributed by atoms with van der Waals surface area (Å²) in [4.78, 5) is 27.4. The number of piperazine rings is 1. The molecule has 148 valence electrons. The van der Waals surface area contributed by atoms with Crippen molar-refractivity contribution in [2.45, 2.75) is 38.9 Å². The van der Waals surface area contributed by atoms with Crippen molar-refractivity contribution in [1.82, 2.24) is 9.80 Å². The molecule has 0 spiro atoms. The number of sulfone groups is 1. The van der Waals surface area contributed by atoms with Crippen molar-refractivity contribution < 1.29 is 23.1 Å². The molecule has 7 nitrogen and oxygen atoms in total. The number of carbonyl (C=O) groups is 2. The lowest BCUT2D eigenvalue weighted by Crippen LogP contribution is -2.60. The average Bonchev–Trinajstić information content (AvgIpc) is 2.90. The van der Waals surface area contributed by atoms with Crippen molar-refractivity contribution in [3.8, 4) is 0 Å². The first-order chi connectivity index (χ1) is 12.7. The highest BCUT2D eigenvalue weighted by molar-refractivity contribution is 7.91. The number of benzene rings is 1. The van der Waals surface area contributed by atoms with Gasteiger partial charge in [0, 0.05) is 32.1 Å². The molecule has 2 aliphatic rings. The van der Waals surface area contributed by atoms with E-state index in [1.165, 1.54) is 0 Å². The Hall–Kier alpha value is -1.93. The van der Waals surface area contributed by atoms with E-state index in [4.69, 9.17) is 5.11 Å². The fourth-order valence-electron chi connectivity index (χ4n) is 3.98. The van der Waals surface area contributed by atoms with Crippen molar-refractivity contribution in [2.75, 3.05) is 24.6 Å². The number of rotatable bonds is 5. The number of carbonyl (C=O) groups excluding carboxylic acids is 1. The highest BCUT2D eigenvalue weighted by Crippen LogP contribution is 2.29. The van der Waals surface area contributed by atoms with Crippen LogP contribution in [0.4, 0.5) is 0 Å². The molecule has 2 heterocycles. The molecule has 0 aliphatic carbocycles. The second-order valence-corrected chi connectivity index (χ2v) is 10.0. The largest absolute Gasteiger partial charge is 0.478 e. The fraction of sp³-hybridized carbons (Fsp3) is 0.579. The Morgan fingerprint density at radius 2 is 1.74 bits per heavy atom. The molecule has 2 saturated heterocycles. The molecule has 1 aromatic rings. The van der Waals surface area contributed by atoms with Gasteiger partial charge in [0.2, 0.25) is 5.91 Å². The molecule has 0 bridgehead atoms. The van der Waals surface area contributed by atoms with Gasteiger partial charge in [-0.05, 0) is 23.6 Å². The van der Waals surface area contributed by atoms with Gasteiger partial charge in [0.15, 0.2) is 9.84 Å². The first kappa shape index (κ1) is 19.8. The topological polar surface area (TPSA) is 95.0 Å². The van der Waals surface area contributed by atoms with Gasteiger partial charge in [-0.2, -0.15) is 0 Å². The molecule has 2 aliphatic heterocycles. The summed E-state index contributed by atoms with van der Waals surface area (Å²) < 4.78 is 24.6. The Balaban J connectivity index is 1.76.